The van der Waals surface area contributed by atoms with Crippen LogP contribution >= 0.6 is 0 Å². The first-order valence-corrected chi connectivity index (χ1v) is 5.82. The van der Waals surface area contributed by atoms with Crippen LogP contribution in [0.5, 0.6) is 0 Å². The zero-order valence-electron chi connectivity index (χ0n) is 9.58. The van der Waals surface area contributed by atoms with E-state index in [1.54, 1.807) is 0 Å². The summed E-state index contributed by atoms with van der Waals surface area (Å²) in [5.74, 6) is 2.21. The van der Waals surface area contributed by atoms with Crippen molar-refractivity contribution in [3.05, 3.63) is 0 Å². The minimum absolute atomic E-state index is 0.172. The van der Waals surface area contributed by atoms with Crippen molar-refractivity contribution < 1.29 is 9.53 Å². The molecule has 16 heavy (non-hydrogen) atoms. The molecule has 0 radical (unpaired) electrons. The largest absolute Gasteiger partial charge is 0.378 e. The molecule has 0 bridgehead atoms. The van der Waals surface area contributed by atoms with Gasteiger partial charge in [0.05, 0.1) is 12.1 Å². The zero-order valence-corrected chi connectivity index (χ0v) is 9.58. The van der Waals surface area contributed by atoms with E-state index in [1.165, 1.54) is 6.42 Å². The van der Waals surface area contributed by atoms with Crippen LogP contribution in [0, 0.1) is 12.3 Å². The Morgan fingerprint density at radius 2 is 2.44 bits per heavy atom. The summed E-state index contributed by atoms with van der Waals surface area (Å²) in [5, 5.41) is 2.78. The highest BCUT2D eigenvalue weighted by molar-refractivity contribution is 5.81. The molecule has 2 unspecified atom stereocenters. The van der Waals surface area contributed by atoms with Crippen LogP contribution in [0.15, 0.2) is 0 Å². The first-order valence-electron chi connectivity index (χ1n) is 5.82. The zero-order chi connectivity index (χ0) is 11.8. The lowest BCUT2D eigenvalue weighted by Gasteiger charge is -2.22. The first-order chi connectivity index (χ1) is 7.74. The average molecular weight is 224 g/mol. The van der Waals surface area contributed by atoms with Gasteiger partial charge in [0.25, 0.3) is 0 Å². The van der Waals surface area contributed by atoms with E-state index in [4.69, 9.17) is 16.9 Å². The molecule has 0 saturated carbocycles. The van der Waals surface area contributed by atoms with Gasteiger partial charge in [0.2, 0.25) is 5.91 Å². The number of carbonyl (C=O) groups is 1. The molecule has 1 heterocycles. The van der Waals surface area contributed by atoms with E-state index in [9.17, 15) is 4.79 Å². The van der Waals surface area contributed by atoms with Crippen LogP contribution in [0.2, 0.25) is 0 Å². The SMILES string of the molecule is C#CCC(N)C(=O)NCCC1CCCCO1. The molecule has 0 aliphatic carbocycles. The minimum Gasteiger partial charge on any atom is -0.378 e. The van der Waals surface area contributed by atoms with E-state index < -0.39 is 6.04 Å². The highest BCUT2D eigenvalue weighted by Gasteiger charge is 2.15. The van der Waals surface area contributed by atoms with Gasteiger partial charge in [0.15, 0.2) is 0 Å². The van der Waals surface area contributed by atoms with Gasteiger partial charge >= 0.3 is 0 Å². The lowest BCUT2D eigenvalue weighted by atomic mass is 10.1. The molecule has 1 saturated heterocycles. The number of nitrogens with two attached hydrogens (primary N) is 1. The van der Waals surface area contributed by atoms with Gasteiger partial charge in [-0.15, -0.1) is 12.3 Å². The van der Waals surface area contributed by atoms with Crippen LogP contribution in [0.25, 0.3) is 0 Å². The van der Waals surface area contributed by atoms with Crippen LogP contribution in [-0.2, 0) is 9.53 Å². The summed E-state index contributed by atoms with van der Waals surface area (Å²) >= 11 is 0. The van der Waals surface area contributed by atoms with Gasteiger partial charge in [0.1, 0.15) is 0 Å². The van der Waals surface area contributed by atoms with Crippen LogP contribution in [-0.4, -0.2) is 31.2 Å². The fourth-order valence-electron chi connectivity index (χ4n) is 1.74. The van der Waals surface area contributed by atoms with E-state index >= 15 is 0 Å². The van der Waals surface area contributed by atoms with Gasteiger partial charge < -0.3 is 15.8 Å². The van der Waals surface area contributed by atoms with Gasteiger partial charge in [-0.1, -0.05) is 0 Å². The summed E-state index contributed by atoms with van der Waals surface area (Å²) in [4.78, 5) is 11.4. The molecule has 1 amide bonds. The van der Waals surface area contributed by atoms with Crippen molar-refractivity contribution in [3.8, 4) is 12.3 Å². The predicted molar refractivity (Wildman–Crippen MR) is 62.6 cm³/mol. The number of amides is 1. The second kappa shape index (κ2) is 7.26. The van der Waals surface area contributed by atoms with E-state index in [2.05, 4.69) is 11.2 Å². The fourth-order valence-corrected chi connectivity index (χ4v) is 1.74. The summed E-state index contributed by atoms with van der Waals surface area (Å²) in [5.41, 5.74) is 5.56. The lowest BCUT2D eigenvalue weighted by Crippen LogP contribution is -2.41. The van der Waals surface area contributed by atoms with E-state index in [0.29, 0.717) is 6.54 Å². The highest BCUT2D eigenvalue weighted by Crippen LogP contribution is 2.14. The van der Waals surface area contributed by atoms with Crippen LogP contribution in [0.3, 0.4) is 0 Å². The Morgan fingerprint density at radius 1 is 1.62 bits per heavy atom. The van der Waals surface area contributed by atoms with Gasteiger partial charge in [-0.25, -0.2) is 0 Å². The normalized spacial score (nSPS) is 22.1. The Balaban J connectivity index is 2.10. The molecule has 4 nitrogen and oxygen atoms in total. The molecule has 4 heteroatoms. The molecule has 1 aliphatic heterocycles. The molecule has 3 N–H and O–H groups in total. The number of hydrogen-bond acceptors (Lipinski definition) is 3. The van der Waals surface area contributed by atoms with Crippen molar-refractivity contribution in [2.45, 2.75) is 44.2 Å². The Morgan fingerprint density at radius 3 is 3.06 bits per heavy atom. The first kappa shape index (κ1) is 13.0. The quantitative estimate of drug-likeness (QED) is 0.665. The molecule has 1 rings (SSSR count). The summed E-state index contributed by atoms with van der Waals surface area (Å²) in [7, 11) is 0. The summed E-state index contributed by atoms with van der Waals surface area (Å²) in [6.07, 6.45) is 9.97. The number of rotatable bonds is 5. The molecule has 0 aromatic heterocycles. The van der Waals surface area contributed by atoms with E-state index in [1.807, 2.05) is 0 Å². The fraction of sp³-hybridized carbons (Fsp3) is 0.750. The van der Waals surface area contributed by atoms with Gasteiger partial charge in [-0.2, -0.15) is 0 Å². The number of terminal acetylenes is 1. The average Bonchev–Trinajstić information content (AvgIpc) is 2.30. The van der Waals surface area contributed by atoms with Crippen LogP contribution < -0.4 is 11.1 Å². The Bertz CT molecular complexity index is 254. The number of carbonyl (C=O) groups excluding carboxylic acids is 1. The Kier molecular flexibility index (Phi) is 5.91. The Labute approximate surface area is 96.9 Å². The predicted octanol–water partition coefficient (Wildman–Crippen LogP) is 0.412. The summed E-state index contributed by atoms with van der Waals surface area (Å²) in [6.45, 7) is 1.46. The monoisotopic (exact) mass is 224 g/mol. The van der Waals surface area contributed by atoms with Crippen molar-refractivity contribution in [1.82, 2.24) is 5.32 Å². The topological polar surface area (TPSA) is 64.4 Å². The second-order valence-corrected chi connectivity index (χ2v) is 4.08. The summed E-state index contributed by atoms with van der Waals surface area (Å²) in [6, 6.07) is -0.586. The molecule has 2 atom stereocenters. The maximum Gasteiger partial charge on any atom is 0.237 e. The molecule has 0 aromatic carbocycles. The highest BCUT2D eigenvalue weighted by atomic mass is 16.5. The van der Waals surface area contributed by atoms with Gasteiger partial charge in [0, 0.05) is 19.6 Å². The molecular weight excluding hydrogens is 204 g/mol. The number of ether oxygens (including phenoxy) is 1. The third-order valence-electron chi connectivity index (χ3n) is 2.71. The smallest absolute Gasteiger partial charge is 0.237 e. The number of hydrogen-bond donors (Lipinski definition) is 2. The third kappa shape index (κ3) is 4.65. The second-order valence-electron chi connectivity index (χ2n) is 4.08. The molecule has 1 fully saturated rings. The van der Waals surface area contributed by atoms with Crippen molar-refractivity contribution in [3.63, 3.8) is 0 Å². The molecule has 1 aliphatic rings. The van der Waals surface area contributed by atoms with Crippen molar-refractivity contribution in [2.75, 3.05) is 13.2 Å². The van der Waals surface area contributed by atoms with Crippen molar-refractivity contribution >= 4 is 5.91 Å². The van der Waals surface area contributed by atoms with Gasteiger partial charge in [-0.3, -0.25) is 4.79 Å². The Hall–Kier alpha value is -1.05. The lowest BCUT2D eigenvalue weighted by molar-refractivity contribution is -0.122. The maximum absolute atomic E-state index is 11.4. The van der Waals surface area contributed by atoms with Crippen LogP contribution in [0.1, 0.15) is 32.1 Å². The molecule has 0 spiro atoms. The van der Waals surface area contributed by atoms with Crippen LogP contribution in [0.4, 0.5) is 0 Å². The summed E-state index contributed by atoms with van der Waals surface area (Å²) < 4.78 is 5.55. The maximum atomic E-state index is 11.4. The van der Waals surface area contributed by atoms with Gasteiger partial charge in [-0.05, 0) is 25.7 Å². The van der Waals surface area contributed by atoms with Crippen molar-refractivity contribution in [2.24, 2.45) is 5.73 Å². The van der Waals surface area contributed by atoms with E-state index in [-0.39, 0.29) is 18.4 Å². The molecule has 0 aromatic rings. The molecular formula is C12H20N2O2. The third-order valence-corrected chi connectivity index (χ3v) is 2.71. The number of nitrogens with one attached hydrogen (secondary N) is 1. The standard InChI is InChI=1S/C12H20N2O2/c1-2-5-11(13)12(15)14-8-7-10-6-3-4-9-16-10/h1,10-11H,3-9,13H2,(H,14,15). The minimum atomic E-state index is -0.586. The molecule has 90 valence electrons. The van der Waals surface area contributed by atoms with Crippen molar-refractivity contribution in [1.29, 1.82) is 0 Å². The van der Waals surface area contributed by atoms with E-state index in [0.717, 1.165) is 25.9 Å².